The Kier molecular flexibility index (Phi) is 6.69. The first-order valence-electron chi connectivity index (χ1n) is 6.30. The fourth-order valence-electron chi connectivity index (χ4n) is 1.50. The smallest absolute Gasteiger partial charge is 0.240 e. The zero-order chi connectivity index (χ0) is 13.2. The van der Waals surface area contributed by atoms with Crippen molar-refractivity contribution in [2.75, 3.05) is 0 Å². The van der Waals surface area contributed by atoms with Gasteiger partial charge in [0, 0.05) is 6.42 Å². The SMILES string of the molecule is CCCCCCC(=O)NN=Cc1ccc(F)cc1. The van der Waals surface area contributed by atoms with Crippen LogP contribution in [0.4, 0.5) is 4.39 Å². The molecular formula is C14H19FN2O. The Hall–Kier alpha value is -1.71. The third-order valence-corrected chi connectivity index (χ3v) is 2.53. The van der Waals surface area contributed by atoms with Crippen LogP contribution in [0.5, 0.6) is 0 Å². The van der Waals surface area contributed by atoms with Gasteiger partial charge in [-0.2, -0.15) is 5.10 Å². The van der Waals surface area contributed by atoms with Gasteiger partial charge in [-0.25, -0.2) is 9.82 Å². The topological polar surface area (TPSA) is 41.5 Å². The molecule has 0 heterocycles. The van der Waals surface area contributed by atoms with Gasteiger partial charge in [-0.15, -0.1) is 0 Å². The van der Waals surface area contributed by atoms with E-state index < -0.39 is 0 Å². The van der Waals surface area contributed by atoms with Crippen LogP contribution in [0.1, 0.15) is 44.6 Å². The van der Waals surface area contributed by atoms with Gasteiger partial charge >= 0.3 is 0 Å². The molecule has 0 aliphatic heterocycles. The lowest BCUT2D eigenvalue weighted by atomic mass is 10.1. The van der Waals surface area contributed by atoms with Gasteiger partial charge in [0.2, 0.25) is 5.91 Å². The van der Waals surface area contributed by atoms with Gasteiger partial charge in [0.1, 0.15) is 5.82 Å². The van der Waals surface area contributed by atoms with E-state index in [0.717, 1.165) is 31.2 Å². The lowest BCUT2D eigenvalue weighted by Gasteiger charge is -1.99. The Morgan fingerprint density at radius 1 is 1.28 bits per heavy atom. The molecule has 0 saturated heterocycles. The Labute approximate surface area is 107 Å². The maximum atomic E-state index is 12.6. The molecule has 1 amide bonds. The van der Waals surface area contributed by atoms with Crippen LogP contribution in [0.25, 0.3) is 0 Å². The van der Waals surface area contributed by atoms with Crippen molar-refractivity contribution in [3.05, 3.63) is 35.6 Å². The van der Waals surface area contributed by atoms with Crippen LogP contribution >= 0.6 is 0 Å². The number of nitrogens with zero attached hydrogens (tertiary/aromatic N) is 1. The molecule has 0 unspecified atom stereocenters. The van der Waals surface area contributed by atoms with E-state index in [1.54, 1.807) is 12.1 Å². The summed E-state index contributed by atoms with van der Waals surface area (Å²) >= 11 is 0. The van der Waals surface area contributed by atoms with Crippen molar-refractivity contribution in [3.8, 4) is 0 Å². The molecule has 3 nitrogen and oxygen atoms in total. The van der Waals surface area contributed by atoms with E-state index in [2.05, 4.69) is 17.5 Å². The summed E-state index contributed by atoms with van der Waals surface area (Å²) in [6.07, 6.45) is 6.29. The standard InChI is InChI=1S/C14H19FN2O/c1-2-3-4-5-6-14(18)17-16-11-12-7-9-13(15)10-8-12/h7-11H,2-6H2,1H3,(H,17,18). The van der Waals surface area contributed by atoms with E-state index in [4.69, 9.17) is 0 Å². The predicted octanol–water partition coefficient (Wildman–Crippen LogP) is 3.25. The van der Waals surface area contributed by atoms with Crippen LogP contribution in [0, 0.1) is 5.82 Å². The number of hydrogen-bond acceptors (Lipinski definition) is 2. The molecular weight excluding hydrogens is 231 g/mol. The fraction of sp³-hybridized carbons (Fsp3) is 0.429. The van der Waals surface area contributed by atoms with Gasteiger partial charge in [0.25, 0.3) is 0 Å². The molecule has 0 saturated carbocycles. The number of hydrogen-bond donors (Lipinski definition) is 1. The summed E-state index contributed by atoms with van der Waals surface area (Å²) in [5, 5.41) is 3.82. The Morgan fingerprint density at radius 2 is 2.00 bits per heavy atom. The first-order chi connectivity index (χ1) is 8.72. The van der Waals surface area contributed by atoms with Crippen LogP contribution < -0.4 is 5.43 Å². The maximum Gasteiger partial charge on any atom is 0.240 e. The molecule has 1 aromatic carbocycles. The summed E-state index contributed by atoms with van der Waals surface area (Å²) in [5.74, 6) is -0.364. The third-order valence-electron chi connectivity index (χ3n) is 2.53. The van der Waals surface area contributed by atoms with E-state index in [0.29, 0.717) is 6.42 Å². The van der Waals surface area contributed by atoms with Gasteiger partial charge < -0.3 is 0 Å². The normalized spacial score (nSPS) is 10.8. The van der Waals surface area contributed by atoms with Crippen LogP contribution in [-0.2, 0) is 4.79 Å². The molecule has 98 valence electrons. The van der Waals surface area contributed by atoms with Gasteiger partial charge in [0.15, 0.2) is 0 Å². The summed E-state index contributed by atoms with van der Waals surface area (Å²) in [6, 6.07) is 5.92. The monoisotopic (exact) mass is 250 g/mol. The van der Waals surface area contributed by atoms with Gasteiger partial charge in [0.05, 0.1) is 6.21 Å². The van der Waals surface area contributed by atoms with E-state index in [9.17, 15) is 9.18 Å². The molecule has 18 heavy (non-hydrogen) atoms. The molecule has 1 N–H and O–H groups in total. The summed E-state index contributed by atoms with van der Waals surface area (Å²) in [5.41, 5.74) is 3.21. The third kappa shape index (κ3) is 6.13. The van der Waals surface area contributed by atoms with E-state index in [1.807, 2.05) is 0 Å². The number of benzene rings is 1. The summed E-state index contributed by atoms with van der Waals surface area (Å²) in [6.45, 7) is 2.13. The zero-order valence-corrected chi connectivity index (χ0v) is 10.7. The number of amides is 1. The van der Waals surface area contributed by atoms with Crippen molar-refractivity contribution in [2.45, 2.75) is 39.0 Å². The van der Waals surface area contributed by atoms with Gasteiger partial charge in [-0.05, 0) is 24.1 Å². The highest BCUT2D eigenvalue weighted by Crippen LogP contribution is 2.02. The summed E-state index contributed by atoms with van der Waals surface area (Å²) in [4.78, 5) is 11.4. The van der Waals surface area contributed by atoms with Crippen molar-refractivity contribution < 1.29 is 9.18 Å². The van der Waals surface area contributed by atoms with Gasteiger partial charge in [-0.1, -0.05) is 38.3 Å². The number of hydrazone groups is 1. The quantitative estimate of drug-likeness (QED) is 0.450. The highest BCUT2D eigenvalue weighted by molar-refractivity contribution is 5.82. The van der Waals surface area contributed by atoms with Crippen molar-refractivity contribution in [3.63, 3.8) is 0 Å². The number of halogens is 1. The second kappa shape index (κ2) is 8.39. The second-order valence-electron chi connectivity index (χ2n) is 4.16. The fourth-order valence-corrected chi connectivity index (χ4v) is 1.50. The number of rotatable bonds is 7. The van der Waals surface area contributed by atoms with Crippen LogP contribution in [0.15, 0.2) is 29.4 Å². The molecule has 4 heteroatoms. The molecule has 0 fully saturated rings. The number of carbonyl (C=O) groups excluding carboxylic acids is 1. The van der Waals surface area contributed by atoms with Crippen LogP contribution in [-0.4, -0.2) is 12.1 Å². The first-order valence-corrected chi connectivity index (χ1v) is 6.30. The lowest BCUT2D eigenvalue weighted by Crippen LogP contribution is -2.16. The maximum absolute atomic E-state index is 12.6. The van der Waals surface area contributed by atoms with E-state index >= 15 is 0 Å². The van der Waals surface area contributed by atoms with E-state index in [1.165, 1.54) is 18.3 Å². The van der Waals surface area contributed by atoms with Crippen LogP contribution in [0.3, 0.4) is 0 Å². The molecule has 0 spiro atoms. The molecule has 1 aromatic rings. The van der Waals surface area contributed by atoms with Crippen LogP contribution in [0.2, 0.25) is 0 Å². The minimum absolute atomic E-state index is 0.0792. The molecule has 0 aromatic heterocycles. The largest absolute Gasteiger partial charge is 0.273 e. The average molecular weight is 250 g/mol. The summed E-state index contributed by atoms with van der Waals surface area (Å²) < 4.78 is 12.6. The Morgan fingerprint density at radius 3 is 2.67 bits per heavy atom. The predicted molar refractivity (Wildman–Crippen MR) is 70.9 cm³/mol. The Balaban J connectivity index is 2.23. The average Bonchev–Trinajstić information content (AvgIpc) is 2.37. The second-order valence-corrected chi connectivity index (χ2v) is 4.16. The highest BCUT2D eigenvalue weighted by Gasteiger charge is 1.98. The highest BCUT2D eigenvalue weighted by atomic mass is 19.1. The lowest BCUT2D eigenvalue weighted by molar-refractivity contribution is -0.121. The summed E-state index contributed by atoms with van der Waals surface area (Å²) in [7, 11) is 0. The van der Waals surface area contributed by atoms with Crippen molar-refractivity contribution in [1.82, 2.24) is 5.43 Å². The molecule has 0 atom stereocenters. The number of carbonyl (C=O) groups is 1. The Bertz CT molecular complexity index is 387. The zero-order valence-electron chi connectivity index (χ0n) is 10.7. The minimum Gasteiger partial charge on any atom is -0.273 e. The molecule has 0 bridgehead atoms. The molecule has 0 aliphatic carbocycles. The van der Waals surface area contributed by atoms with E-state index in [-0.39, 0.29) is 11.7 Å². The van der Waals surface area contributed by atoms with Crippen molar-refractivity contribution in [1.29, 1.82) is 0 Å². The van der Waals surface area contributed by atoms with Crippen molar-refractivity contribution >= 4 is 12.1 Å². The minimum atomic E-state index is -0.285. The molecule has 1 rings (SSSR count). The number of nitrogens with one attached hydrogen (secondary N) is 1. The number of unbranched alkanes of at least 4 members (excludes halogenated alkanes) is 3. The molecule has 0 aliphatic rings. The molecule has 0 radical (unpaired) electrons. The first kappa shape index (κ1) is 14.4. The van der Waals surface area contributed by atoms with Gasteiger partial charge in [-0.3, -0.25) is 4.79 Å². The van der Waals surface area contributed by atoms with Crippen molar-refractivity contribution in [2.24, 2.45) is 5.10 Å².